The Morgan fingerprint density at radius 1 is 1.21 bits per heavy atom. The summed E-state index contributed by atoms with van der Waals surface area (Å²) in [6.45, 7) is 5.86. The van der Waals surface area contributed by atoms with Gasteiger partial charge < -0.3 is 19.3 Å². The minimum absolute atomic E-state index is 0.0591. The van der Waals surface area contributed by atoms with Crippen LogP contribution >= 0.6 is 0 Å². The summed E-state index contributed by atoms with van der Waals surface area (Å²) in [7, 11) is 1.36. The molecule has 1 aromatic carbocycles. The van der Waals surface area contributed by atoms with E-state index in [4.69, 9.17) is 9.47 Å². The van der Waals surface area contributed by atoms with Crippen LogP contribution in [0, 0.1) is 0 Å². The van der Waals surface area contributed by atoms with Gasteiger partial charge in [0, 0.05) is 26.2 Å². The number of unbranched alkanes of at least 4 members (excludes halogenated alkanes) is 1. The highest BCUT2D eigenvalue weighted by Gasteiger charge is 2.22. The van der Waals surface area contributed by atoms with Gasteiger partial charge in [0.15, 0.2) is 0 Å². The monoisotopic (exact) mass is 334 g/mol. The van der Waals surface area contributed by atoms with Crippen molar-refractivity contribution in [3.8, 4) is 0 Å². The molecule has 0 saturated carbocycles. The third kappa shape index (κ3) is 4.96. The van der Waals surface area contributed by atoms with Gasteiger partial charge in [-0.3, -0.25) is 0 Å². The van der Waals surface area contributed by atoms with Crippen LogP contribution in [0.4, 0.5) is 4.79 Å². The molecule has 1 aromatic rings. The Morgan fingerprint density at radius 3 is 2.46 bits per heavy atom. The number of nitrogens with zero attached hydrogens (tertiary/aromatic N) is 2. The first-order chi connectivity index (χ1) is 11.7. The largest absolute Gasteiger partial charge is 0.465 e. The molecule has 1 aliphatic rings. The first kappa shape index (κ1) is 18.3. The Kier molecular flexibility index (Phi) is 7.06. The molecule has 1 saturated heterocycles. The number of esters is 1. The lowest BCUT2D eigenvalue weighted by Crippen LogP contribution is -2.48. The number of carbonyl (C=O) groups is 2. The first-order valence-corrected chi connectivity index (χ1v) is 8.44. The third-order valence-electron chi connectivity index (χ3n) is 4.08. The van der Waals surface area contributed by atoms with Crippen LogP contribution in [0.5, 0.6) is 0 Å². The number of hydrogen-bond donors (Lipinski definition) is 0. The zero-order chi connectivity index (χ0) is 17.4. The fraction of sp³-hybridized carbons (Fsp3) is 0.556. The number of methoxy groups -OCH3 is 1. The number of rotatable bonds is 6. The Labute approximate surface area is 143 Å². The maximum atomic E-state index is 12.8. The van der Waals surface area contributed by atoms with Gasteiger partial charge in [-0.05, 0) is 24.1 Å². The van der Waals surface area contributed by atoms with Gasteiger partial charge in [-0.25, -0.2) is 9.59 Å². The van der Waals surface area contributed by atoms with Crippen LogP contribution in [0.2, 0.25) is 0 Å². The predicted octanol–water partition coefficient (Wildman–Crippen LogP) is 2.53. The van der Waals surface area contributed by atoms with Crippen LogP contribution in [-0.2, 0) is 16.0 Å². The van der Waals surface area contributed by atoms with Crippen molar-refractivity contribution >= 4 is 12.0 Å². The number of carbonyl (C=O) groups excluding carboxylic acids is 2. The molecule has 0 spiro atoms. The quantitative estimate of drug-likeness (QED) is 0.750. The zero-order valence-electron chi connectivity index (χ0n) is 14.5. The van der Waals surface area contributed by atoms with Gasteiger partial charge in [-0.2, -0.15) is 0 Å². The topological polar surface area (TPSA) is 59.1 Å². The SMILES string of the molecule is CCCCN(Cc1ccc(C(=O)OC)cc1)C(=O)N1CCOCC1. The molecule has 0 bridgehead atoms. The molecular weight excluding hydrogens is 308 g/mol. The molecule has 1 heterocycles. The number of hydrogen-bond acceptors (Lipinski definition) is 4. The Morgan fingerprint density at radius 2 is 1.88 bits per heavy atom. The van der Waals surface area contributed by atoms with Gasteiger partial charge >= 0.3 is 12.0 Å². The van der Waals surface area contributed by atoms with Crippen molar-refractivity contribution in [2.75, 3.05) is 40.0 Å². The van der Waals surface area contributed by atoms with E-state index in [0.29, 0.717) is 38.4 Å². The van der Waals surface area contributed by atoms with Crippen molar-refractivity contribution in [2.45, 2.75) is 26.3 Å². The Hall–Kier alpha value is -2.08. The van der Waals surface area contributed by atoms with E-state index >= 15 is 0 Å². The van der Waals surface area contributed by atoms with Crippen molar-refractivity contribution in [2.24, 2.45) is 0 Å². The summed E-state index contributed by atoms with van der Waals surface area (Å²) >= 11 is 0. The fourth-order valence-corrected chi connectivity index (χ4v) is 2.63. The second kappa shape index (κ2) is 9.27. The van der Waals surface area contributed by atoms with Crippen LogP contribution < -0.4 is 0 Å². The predicted molar refractivity (Wildman–Crippen MR) is 90.9 cm³/mol. The number of amides is 2. The van der Waals surface area contributed by atoms with Crippen molar-refractivity contribution in [3.05, 3.63) is 35.4 Å². The number of ether oxygens (including phenoxy) is 2. The van der Waals surface area contributed by atoms with Crippen LogP contribution in [0.25, 0.3) is 0 Å². The smallest absolute Gasteiger partial charge is 0.337 e. The fourth-order valence-electron chi connectivity index (χ4n) is 2.63. The molecule has 0 unspecified atom stereocenters. The van der Waals surface area contributed by atoms with E-state index in [1.807, 2.05) is 21.9 Å². The third-order valence-corrected chi connectivity index (χ3v) is 4.08. The lowest BCUT2D eigenvalue weighted by atomic mass is 10.1. The zero-order valence-corrected chi connectivity index (χ0v) is 14.5. The van der Waals surface area contributed by atoms with E-state index in [2.05, 4.69) is 6.92 Å². The molecule has 0 aliphatic carbocycles. The second-order valence-corrected chi connectivity index (χ2v) is 5.85. The highest BCUT2D eigenvalue weighted by atomic mass is 16.5. The summed E-state index contributed by atoms with van der Waals surface area (Å²) in [5.74, 6) is -0.353. The first-order valence-electron chi connectivity index (χ1n) is 8.44. The standard InChI is InChI=1S/C18H26N2O4/c1-3-4-9-20(18(22)19-10-12-24-13-11-19)14-15-5-7-16(8-6-15)17(21)23-2/h5-8H,3-4,9-14H2,1-2H3. The van der Waals surface area contributed by atoms with Crippen LogP contribution in [0.15, 0.2) is 24.3 Å². The molecule has 0 N–H and O–H groups in total. The minimum Gasteiger partial charge on any atom is -0.465 e. The average molecular weight is 334 g/mol. The van der Waals surface area contributed by atoms with Gasteiger partial charge in [0.05, 0.1) is 25.9 Å². The molecule has 6 heteroatoms. The maximum absolute atomic E-state index is 12.8. The van der Waals surface area contributed by atoms with Crippen LogP contribution in [0.3, 0.4) is 0 Å². The lowest BCUT2D eigenvalue weighted by molar-refractivity contribution is 0.0425. The van der Waals surface area contributed by atoms with Crippen molar-refractivity contribution in [1.29, 1.82) is 0 Å². The van der Waals surface area contributed by atoms with E-state index in [-0.39, 0.29) is 12.0 Å². The van der Waals surface area contributed by atoms with Crippen molar-refractivity contribution < 1.29 is 19.1 Å². The van der Waals surface area contributed by atoms with E-state index in [0.717, 1.165) is 24.9 Å². The van der Waals surface area contributed by atoms with Gasteiger partial charge in [0.1, 0.15) is 0 Å². The van der Waals surface area contributed by atoms with Crippen LogP contribution in [-0.4, -0.2) is 61.8 Å². The summed E-state index contributed by atoms with van der Waals surface area (Å²) in [6.07, 6.45) is 2.00. The van der Waals surface area contributed by atoms with Crippen LogP contribution in [0.1, 0.15) is 35.7 Å². The summed E-state index contributed by atoms with van der Waals surface area (Å²) in [5.41, 5.74) is 1.52. The van der Waals surface area contributed by atoms with E-state index in [1.165, 1.54) is 7.11 Å². The molecule has 6 nitrogen and oxygen atoms in total. The molecule has 132 valence electrons. The summed E-state index contributed by atoms with van der Waals surface area (Å²) in [6, 6.07) is 7.27. The molecule has 1 aliphatic heterocycles. The van der Waals surface area contributed by atoms with Crippen molar-refractivity contribution in [3.63, 3.8) is 0 Å². The number of urea groups is 1. The van der Waals surface area contributed by atoms with E-state index in [9.17, 15) is 9.59 Å². The molecule has 0 radical (unpaired) electrons. The minimum atomic E-state index is -0.353. The summed E-state index contributed by atoms with van der Waals surface area (Å²) in [4.78, 5) is 28.0. The van der Waals surface area contributed by atoms with Gasteiger partial charge in [-0.15, -0.1) is 0 Å². The van der Waals surface area contributed by atoms with Crippen molar-refractivity contribution in [1.82, 2.24) is 9.80 Å². The lowest BCUT2D eigenvalue weighted by Gasteiger charge is -2.33. The molecular formula is C18H26N2O4. The Bertz CT molecular complexity index is 538. The molecule has 0 aromatic heterocycles. The van der Waals surface area contributed by atoms with E-state index < -0.39 is 0 Å². The Balaban J connectivity index is 2.04. The second-order valence-electron chi connectivity index (χ2n) is 5.85. The molecule has 24 heavy (non-hydrogen) atoms. The molecule has 0 atom stereocenters. The summed E-state index contributed by atoms with van der Waals surface area (Å²) in [5, 5.41) is 0. The molecule has 1 fully saturated rings. The van der Waals surface area contributed by atoms with Gasteiger partial charge in [0.2, 0.25) is 0 Å². The highest BCUT2D eigenvalue weighted by molar-refractivity contribution is 5.89. The molecule has 2 amide bonds. The van der Waals surface area contributed by atoms with Gasteiger partial charge in [0.25, 0.3) is 0 Å². The summed E-state index contributed by atoms with van der Waals surface area (Å²) < 4.78 is 10.0. The average Bonchev–Trinajstić information content (AvgIpc) is 2.65. The highest BCUT2D eigenvalue weighted by Crippen LogP contribution is 2.12. The van der Waals surface area contributed by atoms with Gasteiger partial charge in [-0.1, -0.05) is 25.5 Å². The maximum Gasteiger partial charge on any atom is 0.337 e. The van der Waals surface area contributed by atoms with E-state index in [1.54, 1.807) is 12.1 Å². The number of benzene rings is 1. The molecule has 2 rings (SSSR count). The normalized spacial score (nSPS) is 14.3. The number of morpholine rings is 1.